The molecule has 4 saturated carbocycles. The van der Waals surface area contributed by atoms with Crippen LogP contribution in [0, 0.1) is 93.7 Å². The van der Waals surface area contributed by atoms with Crippen LogP contribution in [0.4, 0.5) is 0 Å². The van der Waals surface area contributed by atoms with Gasteiger partial charge in [-0.15, -0.1) is 0 Å². The van der Waals surface area contributed by atoms with Crippen molar-refractivity contribution in [2.45, 2.75) is 225 Å². The first-order valence-corrected chi connectivity index (χ1v) is 23.6. The van der Waals surface area contributed by atoms with Crippen molar-refractivity contribution in [2.24, 2.45) is 93.7 Å². The van der Waals surface area contributed by atoms with E-state index >= 15 is 0 Å². The molecule has 0 aliphatic heterocycles. The summed E-state index contributed by atoms with van der Waals surface area (Å²) in [5.41, 5.74) is 0.998. The minimum absolute atomic E-state index is 0.153. The van der Waals surface area contributed by atoms with Crippen LogP contribution in [0.25, 0.3) is 0 Å². The van der Waals surface area contributed by atoms with Gasteiger partial charge in [0.05, 0.1) is 0 Å². The van der Waals surface area contributed by atoms with Gasteiger partial charge in [-0.2, -0.15) is 0 Å². The molecule has 13 atom stereocenters. The Morgan fingerprint density at radius 3 is 1.55 bits per heavy atom. The monoisotopic (exact) mass is 710 g/mol. The Balaban J connectivity index is 2.08. The van der Waals surface area contributed by atoms with Crippen molar-refractivity contribution >= 4 is 0 Å². The van der Waals surface area contributed by atoms with Crippen molar-refractivity contribution in [2.75, 3.05) is 0 Å². The van der Waals surface area contributed by atoms with E-state index in [0.717, 1.165) is 76.9 Å². The van der Waals surface area contributed by atoms with Gasteiger partial charge in [0.2, 0.25) is 0 Å². The van der Waals surface area contributed by atoms with Crippen molar-refractivity contribution < 1.29 is 0 Å². The quantitative estimate of drug-likeness (QED) is 0.189. The minimum atomic E-state index is 0.153. The Labute approximate surface area is 322 Å². The van der Waals surface area contributed by atoms with Crippen molar-refractivity contribution in [3.63, 3.8) is 0 Å². The predicted octanol–water partition coefficient (Wildman–Crippen LogP) is 15.3. The van der Waals surface area contributed by atoms with Crippen molar-refractivity contribution in [1.82, 2.24) is 5.32 Å². The van der Waals surface area contributed by atoms with E-state index in [9.17, 15) is 0 Å². The molecule has 0 saturated heterocycles. The number of nitrogens with one attached hydrogen (secondary N) is 1. The smallest absolute Gasteiger partial charge is 0.0271 e. The first kappa shape index (κ1) is 43.7. The molecule has 4 rings (SSSR count). The van der Waals surface area contributed by atoms with Crippen LogP contribution in [-0.2, 0) is 0 Å². The molecule has 0 aromatic rings. The molecule has 13 unspecified atom stereocenters. The van der Waals surface area contributed by atoms with Gasteiger partial charge in [-0.1, -0.05) is 136 Å². The van der Waals surface area contributed by atoms with Crippen molar-refractivity contribution in [3.05, 3.63) is 0 Å². The fourth-order valence-corrected chi connectivity index (χ4v) is 15.0. The van der Waals surface area contributed by atoms with Gasteiger partial charge in [0.1, 0.15) is 0 Å². The zero-order valence-electron chi connectivity index (χ0n) is 37.9. The molecule has 0 aromatic heterocycles. The van der Waals surface area contributed by atoms with Gasteiger partial charge in [0, 0.05) is 11.1 Å². The van der Waals surface area contributed by atoms with Crippen molar-refractivity contribution in [1.29, 1.82) is 0 Å². The molecule has 4 aliphatic rings. The maximum Gasteiger partial charge on any atom is 0.0271 e. The number of hydrogen-bond donors (Lipinski definition) is 1. The Hall–Kier alpha value is -0.0400. The number of rotatable bonds is 14. The lowest BCUT2D eigenvalue weighted by Gasteiger charge is -2.68. The summed E-state index contributed by atoms with van der Waals surface area (Å²) < 4.78 is 0. The fraction of sp³-hybridized carbons (Fsp3) is 1.00. The molecule has 1 N–H and O–H groups in total. The molecule has 4 fully saturated rings. The van der Waals surface area contributed by atoms with Gasteiger partial charge in [-0.3, -0.25) is 0 Å². The zero-order valence-corrected chi connectivity index (χ0v) is 37.9. The second kappa shape index (κ2) is 17.4. The first-order chi connectivity index (χ1) is 23.8. The van der Waals surface area contributed by atoms with E-state index in [-0.39, 0.29) is 16.5 Å². The number of hydrogen-bond acceptors (Lipinski definition) is 1. The van der Waals surface area contributed by atoms with E-state index in [1.807, 2.05) is 0 Å². The van der Waals surface area contributed by atoms with Crippen LogP contribution >= 0.6 is 0 Å². The van der Waals surface area contributed by atoms with Crippen LogP contribution in [-0.4, -0.2) is 11.1 Å². The Morgan fingerprint density at radius 2 is 1.08 bits per heavy atom. The zero-order chi connectivity index (χ0) is 38.1. The average molecular weight is 710 g/mol. The standard InChI is InChI=1S/C50H95N/c1-17-27-50(48(16,18-2)19-3,46-31-39(14)22-25-42(46)35(8)9)51-49(45-30-38(13)21-24-41(45)34(6)7)32-47(15,28-26-43(49)36(10)11)44-29-37(12)20-23-40(44)33(4)5/h33-46,51H,17-32H2,1-16H3. The highest BCUT2D eigenvalue weighted by Crippen LogP contribution is 2.64. The molecule has 0 aromatic carbocycles. The highest BCUT2D eigenvalue weighted by atomic mass is 15.1. The molecule has 0 amide bonds. The van der Waals surface area contributed by atoms with Crippen LogP contribution in [0.3, 0.4) is 0 Å². The highest BCUT2D eigenvalue weighted by molar-refractivity contribution is 5.19. The Morgan fingerprint density at radius 1 is 0.608 bits per heavy atom. The maximum absolute atomic E-state index is 5.36. The van der Waals surface area contributed by atoms with Crippen molar-refractivity contribution in [3.8, 4) is 0 Å². The lowest BCUT2D eigenvalue weighted by atomic mass is 9.44. The van der Waals surface area contributed by atoms with Crippen LogP contribution in [0.5, 0.6) is 0 Å². The summed E-state index contributed by atoms with van der Waals surface area (Å²) in [6, 6.07) is 0. The fourth-order valence-electron chi connectivity index (χ4n) is 15.0. The summed E-state index contributed by atoms with van der Waals surface area (Å²) in [5, 5.41) is 5.36. The molecule has 4 aliphatic carbocycles. The summed E-state index contributed by atoms with van der Waals surface area (Å²) in [5.74, 6) is 11.2. The van der Waals surface area contributed by atoms with Gasteiger partial charge in [-0.25, -0.2) is 0 Å². The topological polar surface area (TPSA) is 12.0 Å². The van der Waals surface area contributed by atoms with Crippen LogP contribution in [0.1, 0.15) is 214 Å². The van der Waals surface area contributed by atoms with Crippen LogP contribution < -0.4 is 5.32 Å². The van der Waals surface area contributed by atoms with Gasteiger partial charge in [0.15, 0.2) is 0 Å². The van der Waals surface area contributed by atoms with E-state index < -0.39 is 0 Å². The highest BCUT2D eigenvalue weighted by Gasteiger charge is 2.64. The Bertz CT molecular complexity index is 1050. The molecule has 0 radical (unpaired) electrons. The largest absolute Gasteiger partial charge is 0.304 e. The SMILES string of the molecule is CCCC(NC1(C2CC(C)CCC2C(C)C)CC(C)(C2CC(C)CCC2C(C)C)CCC1C(C)C)(C1CC(C)CCC1C(C)C)C(C)(CC)CC. The molecule has 1 nitrogen and oxygen atoms in total. The molecule has 1 heteroatoms. The molecule has 0 spiro atoms. The van der Waals surface area contributed by atoms with Gasteiger partial charge in [0.25, 0.3) is 0 Å². The van der Waals surface area contributed by atoms with E-state index in [1.54, 1.807) is 0 Å². The summed E-state index contributed by atoms with van der Waals surface area (Å²) in [7, 11) is 0. The molecule has 0 bridgehead atoms. The third kappa shape index (κ3) is 8.55. The van der Waals surface area contributed by atoms with Gasteiger partial charge in [-0.05, 0) is 171 Å². The summed E-state index contributed by atoms with van der Waals surface area (Å²) in [6.45, 7) is 42.1. The van der Waals surface area contributed by atoms with Crippen LogP contribution in [0.2, 0.25) is 0 Å². The minimum Gasteiger partial charge on any atom is -0.304 e. The second-order valence-electron chi connectivity index (χ2n) is 22.7. The summed E-state index contributed by atoms with van der Waals surface area (Å²) in [6.07, 6.45) is 22.5. The maximum atomic E-state index is 5.36. The summed E-state index contributed by atoms with van der Waals surface area (Å²) in [4.78, 5) is 0. The van der Waals surface area contributed by atoms with Gasteiger partial charge >= 0.3 is 0 Å². The average Bonchev–Trinajstić information content (AvgIpc) is 3.06. The third-order valence-electron chi connectivity index (χ3n) is 18.2. The second-order valence-corrected chi connectivity index (χ2v) is 22.7. The van der Waals surface area contributed by atoms with Gasteiger partial charge < -0.3 is 5.32 Å². The molecule has 51 heavy (non-hydrogen) atoms. The third-order valence-corrected chi connectivity index (χ3v) is 18.2. The van der Waals surface area contributed by atoms with E-state index in [1.165, 1.54) is 103 Å². The lowest BCUT2D eigenvalue weighted by molar-refractivity contribution is -0.142. The van der Waals surface area contributed by atoms with Crippen LogP contribution in [0.15, 0.2) is 0 Å². The van der Waals surface area contributed by atoms with E-state index in [2.05, 4.69) is 111 Å². The van der Waals surface area contributed by atoms with E-state index in [0.29, 0.717) is 11.3 Å². The predicted molar refractivity (Wildman–Crippen MR) is 227 cm³/mol. The molecule has 0 heterocycles. The normalized spacial score (nSPS) is 41.4. The molecular formula is C50H95N. The van der Waals surface area contributed by atoms with E-state index in [4.69, 9.17) is 5.32 Å². The molecule has 300 valence electrons. The lowest BCUT2D eigenvalue weighted by Crippen LogP contribution is -2.76. The molecular weight excluding hydrogens is 615 g/mol. The summed E-state index contributed by atoms with van der Waals surface area (Å²) >= 11 is 0. The Kier molecular flexibility index (Phi) is 14.9. The first-order valence-electron chi connectivity index (χ1n) is 23.6.